The number of anilines is 1. The van der Waals surface area contributed by atoms with Crippen molar-refractivity contribution in [1.29, 1.82) is 0 Å². The predicted molar refractivity (Wildman–Crippen MR) is 115 cm³/mol. The molecule has 5 rings (SSSR count). The van der Waals surface area contributed by atoms with Gasteiger partial charge in [-0.05, 0) is 30.7 Å². The number of likely N-dealkylation sites (N-methyl/N-ethyl adjacent to an activating group) is 1. The number of rotatable bonds is 4. The molecule has 1 fully saturated rings. The number of hydrogen-bond donors (Lipinski definition) is 2. The number of likely N-dealkylation sites (tertiary alicyclic amines) is 1. The summed E-state index contributed by atoms with van der Waals surface area (Å²) >= 11 is 0. The van der Waals surface area contributed by atoms with Crippen LogP contribution in [0.25, 0.3) is 0 Å². The number of fused-ring (bicyclic) bond motifs is 2. The van der Waals surface area contributed by atoms with Crippen LogP contribution in [0.2, 0.25) is 0 Å². The lowest BCUT2D eigenvalue weighted by molar-refractivity contribution is -0.274. The summed E-state index contributed by atoms with van der Waals surface area (Å²) < 4.78 is 54.4. The minimum absolute atomic E-state index is 0.0342. The minimum atomic E-state index is -4.95. The van der Waals surface area contributed by atoms with E-state index in [9.17, 15) is 27.9 Å². The number of aliphatic hydroxyl groups excluding tert-OH is 1. The third kappa shape index (κ3) is 3.64. The van der Waals surface area contributed by atoms with E-state index in [1.54, 1.807) is 32.3 Å². The van der Waals surface area contributed by atoms with Gasteiger partial charge in [-0.15, -0.1) is 13.2 Å². The van der Waals surface area contributed by atoms with Gasteiger partial charge in [-0.3, -0.25) is 14.5 Å². The Labute approximate surface area is 198 Å². The fourth-order valence-electron chi connectivity index (χ4n) is 5.10. The van der Waals surface area contributed by atoms with Gasteiger partial charge in [-0.25, -0.2) is 0 Å². The number of hydrogen-bond acceptors (Lipinski definition) is 7. The fourth-order valence-corrected chi connectivity index (χ4v) is 5.10. The molecule has 35 heavy (non-hydrogen) atoms. The lowest BCUT2D eigenvalue weighted by Gasteiger charge is -2.41. The summed E-state index contributed by atoms with van der Waals surface area (Å²) in [4.78, 5) is 29.9. The number of ether oxygens (including phenoxy) is 3. The van der Waals surface area contributed by atoms with Crippen molar-refractivity contribution in [3.63, 3.8) is 0 Å². The van der Waals surface area contributed by atoms with E-state index in [0.717, 1.165) is 12.1 Å². The second-order valence-corrected chi connectivity index (χ2v) is 8.75. The third-order valence-corrected chi connectivity index (χ3v) is 6.41. The summed E-state index contributed by atoms with van der Waals surface area (Å²) in [7, 11) is 3.10. The number of alkyl halides is 3. The van der Waals surface area contributed by atoms with Crippen LogP contribution in [0.4, 0.5) is 18.9 Å². The van der Waals surface area contributed by atoms with Gasteiger partial charge in [0.1, 0.15) is 5.75 Å². The molecule has 0 aliphatic carbocycles. The molecule has 0 saturated carbocycles. The van der Waals surface area contributed by atoms with E-state index < -0.39 is 35.7 Å². The van der Waals surface area contributed by atoms with Gasteiger partial charge in [0.15, 0.2) is 17.0 Å². The van der Waals surface area contributed by atoms with Crippen molar-refractivity contribution in [2.45, 2.75) is 30.5 Å². The Morgan fingerprint density at radius 2 is 2.00 bits per heavy atom. The molecule has 2 aromatic carbocycles. The largest absolute Gasteiger partial charge is 0.573 e. The van der Waals surface area contributed by atoms with Crippen LogP contribution in [0.15, 0.2) is 36.4 Å². The molecule has 2 aromatic rings. The van der Waals surface area contributed by atoms with E-state index in [0.29, 0.717) is 5.75 Å². The molecular weight excluding hydrogens is 471 g/mol. The van der Waals surface area contributed by atoms with Gasteiger partial charge in [0.25, 0.3) is 5.91 Å². The van der Waals surface area contributed by atoms with Crippen molar-refractivity contribution in [2.24, 2.45) is 0 Å². The highest BCUT2D eigenvalue weighted by Crippen LogP contribution is 2.54. The van der Waals surface area contributed by atoms with Crippen LogP contribution in [0, 0.1) is 0 Å². The maximum atomic E-state index is 13.9. The molecule has 3 heterocycles. The number of carbonyl (C=O) groups is 2. The van der Waals surface area contributed by atoms with Crippen LogP contribution in [-0.4, -0.2) is 72.7 Å². The fraction of sp³-hybridized carbons (Fsp3) is 0.391. The van der Waals surface area contributed by atoms with Crippen LogP contribution in [0.5, 0.6) is 17.2 Å². The highest BCUT2D eigenvalue weighted by Gasteiger charge is 2.60. The quantitative estimate of drug-likeness (QED) is 0.673. The first-order valence-corrected chi connectivity index (χ1v) is 10.8. The van der Waals surface area contributed by atoms with Crippen LogP contribution < -0.4 is 19.5 Å². The van der Waals surface area contributed by atoms with Crippen molar-refractivity contribution in [3.05, 3.63) is 47.5 Å². The molecule has 2 N–H and O–H groups in total. The van der Waals surface area contributed by atoms with Gasteiger partial charge < -0.3 is 29.5 Å². The van der Waals surface area contributed by atoms with E-state index in [2.05, 4.69) is 10.1 Å². The van der Waals surface area contributed by atoms with Gasteiger partial charge in [-0.2, -0.15) is 0 Å². The van der Waals surface area contributed by atoms with E-state index in [4.69, 9.17) is 9.47 Å². The van der Waals surface area contributed by atoms with Gasteiger partial charge in [0.05, 0.1) is 12.1 Å². The zero-order valence-electron chi connectivity index (χ0n) is 18.8. The average molecular weight is 493 g/mol. The standard InChI is InChI=1S/C23H22F3N3O6/c1-28(2)20(31)17-8-12(30)10-29(17)22(14-4-3-5-18-19(14)34-11-33-18)15-9-13(35-23(24,25)26)6-7-16(15)27-21(22)32/h3-7,9,12,17,30H,8,10-11H2,1-2H3,(H,27,32)/t12-,17+,22?/m1/s1. The molecule has 0 spiro atoms. The Balaban J connectivity index is 1.78. The van der Waals surface area contributed by atoms with Crippen LogP contribution in [0.1, 0.15) is 17.5 Å². The molecule has 0 bridgehead atoms. The maximum Gasteiger partial charge on any atom is 0.573 e. The molecule has 3 aliphatic heterocycles. The van der Waals surface area contributed by atoms with E-state index in [1.807, 2.05) is 0 Å². The van der Waals surface area contributed by atoms with Gasteiger partial charge in [-0.1, -0.05) is 12.1 Å². The molecule has 0 radical (unpaired) electrons. The van der Waals surface area contributed by atoms with E-state index in [1.165, 1.54) is 15.9 Å². The Kier molecular flexibility index (Phi) is 5.33. The molecule has 9 nitrogen and oxygen atoms in total. The number of β-amino-alcohol motifs (C(OH)–C–C–N with tert-alkyl or cyclic N) is 1. The Bertz CT molecular complexity index is 1200. The summed E-state index contributed by atoms with van der Waals surface area (Å²) in [6, 6.07) is 7.45. The number of nitrogens with zero attached hydrogens (tertiary/aromatic N) is 2. The predicted octanol–water partition coefficient (Wildman–Crippen LogP) is 2.03. The number of amides is 2. The number of nitrogens with one attached hydrogen (secondary N) is 1. The summed E-state index contributed by atoms with van der Waals surface area (Å²) in [5.74, 6) is -0.922. The first-order chi connectivity index (χ1) is 16.5. The number of benzene rings is 2. The van der Waals surface area contributed by atoms with Gasteiger partial charge in [0, 0.05) is 37.5 Å². The van der Waals surface area contributed by atoms with Crippen molar-refractivity contribution in [2.75, 3.05) is 32.7 Å². The van der Waals surface area contributed by atoms with Crippen molar-refractivity contribution >= 4 is 17.5 Å². The monoisotopic (exact) mass is 493 g/mol. The lowest BCUT2D eigenvalue weighted by atomic mass is 9.80. The van der Waals surface area contributed by atoms with E-state index in [-0.39, 0.29) is 48.2 Å². The number of para-hydroxylation sites is 1. The average Bonchev–Trinajstić information content (AvgIpc) is 3.47. The second kappa shape index (κ2) is 8.02. The minimum Gasteiger partial charge on any atom is -0.454 e. The SMILES string of the molecule is CN(C)C(=O)[C@@H]1C[C@@H](O)CN1C1(c2cccc3c2OCO3)C(=O)Nc2ccc(OC(F)(F)F)cc21. The zero-order chi connectivity index (χ0) is 25.1. The molecule has 0 aromatic heterocycles. The Hall–Kier alpha value is -3.51. The zero-order valence-corrected chi connectivity index (χ0v) is 18.8. The maximum absolute atomic E-state index is 13.9. The van der Waals surface area contributed by atoms with Crippen molar-refractivity contribution < 1.29 is 42.1 Å². The first-order valence-electron chi connectivity index (χ1n) is 10.8. The molecule has 186 valence electrons. The summed E-state index contributed by atoms with van der Waals surface area (Å²) in [6.45, 7) is -0.206. The van der Waals surface area contributed by atoms with Gasteiger partial charge in [0.2, 0.25) is 12.7 Å². The number of carbonyl (C=O) groups excluding carboxylic acids is 2. The number of halogens is 3. The molecular formula is C23H22F3N3O6. The number of aliphatic hydroxyl groups is 1. The molecule has 3 aliphatic rings. The highest BCUT2D eigenvalue weighted by atomic mass is 19.4. The lowest BCUT2D eigenvalue weighted by Crippen LogP contribution is -2.57. The summed E-state index contributed by atoms with van der Waals surface area (Å²) in [6.07, 6.45) is -5.88. The Morgan fingerprint density at radius 3 is 2.71 bits per heavy atom. The summed E-state index contributed by atoms with van der Waals surface area (Å²) in [5, 5.41) is 13.3. The molecule has 1 saturated heterocycles. The van der Waals surface area contributed by atoms with Crippen LogP contribution >= 0.6 is 0 Å². The van der Waals surface area contributed by atoms with Crippen LogP contribution in [-0.2, 0) is 15.1 Å². The van der Waals surface area contributed by atoms with Crippen molar-refractivity contribution in [1.82, 2.24) is 9.80 Å². The molecule has 2 amide bonds. The molecule has 12 heteroatoms. The highest BCUT2D eigenvalue weighted by molar-refractivity contribution is 6.09. The van der Waals surface area contributed by atoms with Gasteiger partial charge >= 0.3 is 6.36 Å². The third-order valence-electron chi connectivity index (χ3n) is 6.41. The molecule has 1 unspecified atom stereocenters. The summed E-state index contributed by atoms with van der Waals surface area (Å²) in [5.41, 5.74) is -1.15. The Morgan fingerprint density at radius 1 is 1.23 bits per heavy atom. The van der Waals surface area contributed by atoms with Crippen molar-refractivity contribution in [3.8, 4) is 17.2 Å². The first kappa shape index (κ1) is 23.2. The normalized spacial score (nSPS) is 25.4. The smallest absolute Gasteiger partial charge is 0.454 e. The molecule has 3 atom stereocenters. The second-order valence-electron chi connectivity index (χ2n) is 8.75. The van der Waals surface area contributed by atoms with E-state index >= 15 is 0 Å². The van der Waals surface area contributed by atoms with Crippen LogP contribution in [0.3, 0.4) is 0 Å². The topological polar surface area (TPSA) is 101 Å².